The summed E-state index contributed by atoms with van der Waals surface area (Å²) in [5.74, 6) is -0.895. The van der Waals surface area contributed by atoms with Gasteiger partial charge >= 0.3 is 12.1 Å². The Morgan fingerprint density at radius 1 is 1.25 bits per heavy atom. The lowest BCUT2D eigenvalue weighted by Crippen LogP contribution is -2.49. The average molecular weight is 332 g/mol. The lowest BCUT2D eigenvalue weighted by atomic mass is 10.2. The van der Waals surface area contributed by atoms with E-state index in [9.17, 15) is 9.59 Å². The number of piperazine rings is 1. The first-order valence-corrected chi connectivity index (χ1v) is 7.92. The zero-order valence-electron chi connectivity index (χ0n) is 13.5. The van der Waals surface area contributed by atoms with Crippen LogP contribution in [0.15, 0.2) is 24.5 Å². The maximum Gasteiger partial charge on any atom is 0.409 e. The second-order valence-electron chi connectivity index (χ2n) is 5.61. The lowest BCUT2D eigenvalue weighted by Gasteiger charge is -2.35. The highest BCUT2D eigenvalue weighted by molar-refractivity contribution is 5.81. The molecule has 2 aromatic rings. The molecule has 0 bridgehead atoms. The van der Waals surface area contributed by atoms with Crippen LogP contribution in [0.3, 0.4) is 0 Å². The fourth-order valence-electron chi connectivity index (χ4n) is 2.88. The molecule has 1 aromatic heterocycles. The largest absolute Gasteiger partial charge is 0.480 e. The lowest BCUT2D eigenvalue weighted by molar-refractivity contribution is -0.137. The van der Waals surface area contributed by atoms with Crippen molar-refractivity contribution in [2.45, 2.75) is 13.5 Å². The topological polar surface area (TPSA) is 87.9 Å². The third-order valence-electron chi connectivity index (χ3n) is 4.08. The zero-order chi connectivity index (χ0) is 17.1. The molecule has 0 unspecified atom stereocenters. The number of benzene rings is 1. The predicted octanol–water partition coefficient (Wildman–Crippen LogP) is 1.40. The standard InChI is InChI=1S/C16H20N4O4/c1-2-24-16(23)19-7-5-18(6-8-19)12-3-4-14-13(9-12)17-11-20(14)10-15(21)22/h3-4,9,11H,2,5-8,10H2,1H3,(H,21,22). The van der Waals surface area contributed by atoms with Crippen LogP contribution in [0.4, 0.5) is 10.5 Å². The summed E-state index contributed by atoms with van der Waals surface area (Å²) in [6, 6.07) is 5.80. The molecule has 1 amide bonds. The summed E-state index contributed by atoms with van der Waals surface area (Å²) in [5.41, 5.74) is 2.58. The van der Waals surface area contributed by atoms with Crippen molar-refractivity contribution >= 4 is 28.8 Å². The number of aromatic nitrogens is 2. The van der Waals surface area contributed by atoms with Crippen LogP contribution in [-0.4, -0.2) is 64.4 Å². The Kier molecular flexibility index (Phi) is 4.54. The molecule has 2 heterocycles. The normalized spacial score (nSPS) is 14.9. The summed E-state index contributed by atoms with van der Waals surface area (Å²) in [5, 5.41) is 8.91. The van der Waals surface area contributed by atoms with Gasteiger partial charge in [0.15, 0.2) is 0 Å². The molecule has 128 valence electrons. The number of aliphatic carboxylic acids is 1. The summed E-state index contributed by atoms with van der Waals surface area (Å²) in [6.07, 6.45) is 1.28. The van der Waals surface area contributed by atoms with Crippen molar-refractivity contribution in [2.75, 3.05) is 37.7 Å². The third-order valence-corrected chi connectivity index (χ3v) is 4.08. The van der Waals surface area contributed by atoms with Crippen molar-refractivity contribution in [3.8, 4) is 0 Å². The summed E-state index contributed by atoms with van der Waals surface area (Å²) < 4.78 is 6.63. The van der Waals surface area contributed by atoms with Gasteiger partial charge in [-0.15, -0.1) is 0 Å². The van der Waals surface area contributed by atoms with E-state index in [1.807, 2.05) is 18.2 Å². The molecule has 0 spiro atoms. The van der Waals surface area contributed by atoms with Gasteiger partial charge in [0.1, 0.15) is 6.54 Å². The number of amides is 1. The van der Waals surface area contributed by atoms with Crippen molar-refractivity contribution < 1.29 is 19.4 Å². The van der Waals surface area contributed by atoms with Gasteiger partial charge in [-0.05, 0) is 25.1 Å². The van der Waals surface area contributed by atoms with Crippen LogP contribution < -0.4 is 4.90 Å². The Morgan fingerprint density at radius 2 is 2.00 bits per heavy atom. The fourth-order valence-corrected chi connectivity index (χ4v) is 2.88. The van der Waals surface area contributed by atoms with Gasteiger partial charge in [-0.2, -0.15) is 0 Å². The van der Waals surface area contributed by atoms with E-state index >= 15 is 0 Å². The van der Waals surface area contributed by atoms with E-state index in [1.54, 1.807) is 22.7 Å². The quantitative estimate of drug-likeness (QED) is 0.910. The molecule has 1 saturated heterocycles. The first kappa shape index (κ1) is 16.1. The van der Waals surface area contributed by atoms with Crippen LogP contribution in [0.5, 0.6) is 0 Å². The van der Waals surface area contributed by atoms with Crippen LogP contribution in [0, 0.1) is 0 Å². The molecule has 1 aliphatic heterocycles. The van der Waals surface area contributed by atoms with Crippen LogP contribution in [0.25, 0.3) is 11.0 Å². The number of ether oxygens (including phenoxy) is 1. The summed E-state index contributed by atoms with van der Waals surface area (Å²) in [4.78, 5) is 30.8. The molecule has 8 nitrogen and oxygen atoms in total. The zero-order valence-corrected chi connectivity index (χ0v) is 13.5. The van der Waals surface area contributed by atoms with E-state index in [1.165, 1.54) is 0 Å². The van der Waals surface area contributed by atoms with Crippen molar-refractivity contribution in [3.05, 3.63) is 24.5 Å². The van der Waals surface area contributed by atoms with Gasteiger partial charge in [0, 0.05) is 31.9 Å². The summed E-state index contributed by atoms with van der Waals surface area (Å²) in [7, 11) is 0. The Balaban J connectivity index is 1.70. The van der Waals surface area contributed by atoms with Gasteiger partial charge in [-0.25, -0.2) is 9.78 Å². The third kappa shape index (κ3) is 3.27. The molecule has 1 N–H and O–H groups in total. The fraction of sp³-hybridized carbons (Fsp3) is 0.438. The van der Waals surface area contributed by atoms with Crippen molar-refractivity contribution in [1.82, 2.24) is 14.5 Å². The number of nitrogens with zero attached hydrogens (tertiary/aromatic N) is 4. The minimum absolute atomic E-state index is 0.103. The minimum atomic E-state index is -0.895. The summed E-state index contributed by atoms with van der Waals surface area (Å²) in [6.45, 7) is 4.75. The van der Waals surface area contributed by atoms with Gasteiger partial charge < -0.3 is 24.2 Å². The molecule has 3 rings (SSSR count). The van der Waals surface area contributed by atoms with Crippen molar-refractivity contribution in [1.29, 1.82) is 0 Å². The Bertz CT molecular complexity index is 750. The van der Waals surface area contributed by atoms with Crippen LogP contribution >= 0.6 is 0 Å². The molecule has 1 aliphatic rings. The number of hydrogen-bond acceptors (Lipinski definition) is 5. The second kappa shape index (κ2) is 6.77. The first-order chi connectivity index (χ1) is 11.6. The van der Waals surface area contributed by atoms with Gasteiger partial charge in [0.2, 0.25) is 0 Å². The number of hydrogen-bond donors (Lipinski definition) is 1. The van der Waals surface area contributed by atoms with E-state index in [4.69, 9.17) is 9.84 Å². The Morgan fingerprint density at radius 3 is 2.67 bits per heavy atom. The van der Waals surface area contributed by atoms with Gasteiger partial charge in [-0.3, -0.25) is 4.79 Å². The van der Waals surface area contributed by atoms with E-state index < -0.39 is 5.97 Å². The molecule has 0 atom stereocenters. The molecule has 1 fully saturated rings. The van der Waals surface area contributed by atoms with Crippen LogP contribution in [-0.2, 0) is 16.1 Å². The van der Waals surface area contributed by atoms with Gasteiger partial charge in [-0.1, -0.05) is 0 Å². The number of carboxylic acids is 1. The second-order valence-corrected chi connectivity index (χ2v) is 5.61. The van der Waals surface area contributed by atoms with Crippen LogP contribution in [0.2, 0.25) is 0 Å². The Labute approximate surface area is 139 Å². The predicted molar refractivity (Wildman–Crippen MR) is 88.2 cm³/mol. The molecule has 8 heteroatoms. The minimum Gasteiger partial charge on any atom is -0.480 e. The average Bonchev–Trinajstić information content (AvgIpc) is 2.97. The number of carboxylic acid groups (broad SMARTS) is 1. The van der Waals surface area contributed by atoms with Gasteiger partial charge in [0.05, 0.1) is 24.0 Å². The number of anilines is 1. The number of carbonyl (C=O) groups excluding carboxylic acids is 1. The Hall–Kier alpha value is -2.77. The van der Waals surface area contributed by atoms with E-state index in [0.717, 1.165) is 29.8 Å². The molecular weight excluding hydrogens is 312 g/mol. The maximum atomic E-state index is 11.7. The molecule has 24 heavy (non-hydrogen) atoms. The SMILES string of the molecule is CCOC(=O)N1CCN(c2ccc3c(c2)ncn3CC(=O)O)CC1. The summed E-state index contributed by atoms with van der Waals surface area (Å²) >= 11 is 0. The van der Waals surface area contributed by atoms with Crippen molar-refractivity contribution in [3.63, 3.8) is 0 Å². The molecule has 0 aliphatic carbocycles. The number of carbonyl (C=O) groups is 2. The first-order valence-electron chi connectivity index (χ1n) is 7.92. The monoisotopic (exact) mass is 332 g/mol. The number of rotatable bonds is 4. The number of imidazole rings is 1. The van der Waals surface area contributed by atoms with Crippen LogP contribution in [0.1, 0.15) is 6.92 Å². The highest BCUT2D eigenvalue weighted by Crippen LogP contribution is 2.22. The van der Waals surface area contributed by atoms with Gasteiger partial charge in [0.25, 0.3) is 0 Å². The molecule has 0 radical (unpaired) electrons. The molecular formula is C16H20N4O4. The highest BCUT2D eigenvalue weighted by Gasteiger charge is 2.22. The molecule has 1 aromatic carbocycles. The number of fused-ring (bicyclic) bond motifs is 1. The van der Waals surface area contributed by atoms with Crippen molar-refractivity contribution in [2.24, 2.45) is 0 Å². The molecule has 0 saturated carbocycles. The highest BCUT2D eigenvalue weighted by atomic mass is 16.6. The maximum absolute atomic E-state index is 11.7. The van der Waals surface area contributed by atoms with E-state index in [-0.39, 0.29) is 12.6 Å². The van der Waals surface area contributed by atoms with E-state index in [0.29, 0.717) is 19.7 Å². The van der Waals surface area contributed by atoms with E-state index in [2.05, 4.69) is 9.88 Å². The smallest absolute Gasteiger partial charge is 0.409 e.